The lowest BCUT2D eigenvalue weighted by Crippen LogP contribution is -2.53. The molecule has 1 aliphatic carbocycles. The van der Waals surface area contributed by atoms with Gasteiger partial charge in [-0.15, -0.1) is 0 Å². The van der Waals surface area contributed by atoms with Crippen LogP contribution in [-0.2, 0) is 20.7 Å². The Labute approximate surface area is 216 Å². The summed E-state index contributed by atoms with van der Waals surface area (Å²) in [4.78, 5) is 39.8. The van der Waals surface area contributed by atoms with Gasteiger partial charge < -0.3 is 19.3 Å². The number of carbonyl (C=O) groups excluding carboxylic acids is 3. The maximum Gasteiger partial charge on any atom is 0.471 e. The first kappa shape index (κ1) is 28.8. The number of benzene rings is 1. The summed E-state index contributed by atoms with van der Waals surface area (Å²) in [6, 6.07) is 6.37. The van der Waals surface area contributed by atoms with E-state index in [-0.39, 0.29) is 12.5 Å². The van der Waals surface area contributed by atoms with Crippen LogP contribution in [0.4, 0.5) is 18.0 Å². The molecule has 37 heavy (non-hydrogen) atoms. The van der Waals surface area contributed by atoms with E-state index in [0.29, 0.717) is 50.8 Å². The molecule has 2 amide bonds. The molecule has 1 saturated carbocycles. The minimum absolute atomic E-state index is 0.0489. The number of likely N-dealkylation sites (tertiary alicyclic amines) is 1. The highest BCUT2D eigenvalue weighted by atomic mass is 19.4. The summed E-state index contributed by atoms with van der Waals surface area (Å²) in [5.41, 5.74) is -0.278. The van der Waals surface area contributed by atoms with Gasteiger partial charge in [0.25, 0.3) is 0 Å². The van der Waals surface area contributed by atoms with E-state index in [0.717, 1.165) is 10.5 Å². The number of esters is 1. The molecule has 2 aliphatic rings. The number of carbonyl (C=O) groups is 3. The van der Waals surface area contributed by atoms with Gasteiger partial charge in [0, 0.05) is 25.7 Å². The van der Waals surface area contributed by atoms with Crippen LogP contribution in [0, 0.1) is 11.3 Å². The number of alkyl halides is 3. The molecule has 1 aromatic carbocycles. The Balaban J connectivity index is 1.89. The van der Waals surface area contributed by atoms with Gasteiger partial charge in [-0.1, -0.05) is 25.5 Å². The van der Waals surface area contributed by atoms with Crippen molar-refractivity contribution in [1.82, 2.24) is 9.80 Å². The number of rotatable bonds is 7. The molecule has 1 heterocycles. The zero-order chi connectivity index (χ0) is 27.6. The van der Waals surface area contributed by atoms with E-state index in [1.807, 2.05) is 13.0 Å². The number of halogens is 3. The largest absolute Gasteiger partial charge is 0.471 e. The summed E-state index contributed by atoms with van der Waals surface area (Å²) < 4.78 is 51.1. The molecular weight excluding hydrogens is 489 g/mol. The average molecular weight is 527 g/mol. The molecule has 2 atom stereocenters. The highest BCUT2D eigenvalue weighted by Gasteiger charge is 2.53. The lowest BCUT2D eigenvalue weighted by Gasteiger charge is -2.45. The molecule has 10 heteroatoms. The fourth-order valence-corrected chi connectivity index (χ4v) is 5.16. The fraction of sp³-hybridized carbons (Fsp3) is 0.667. The van der Waals surface area contributed by atoms with Crippen molar-refractivity contribution in [2.45, 2.75) is 77.6 Å². The number of methoxy groups -OCH3 is 1. The monoisotopic (exact) mass is 526 g/mol. The second-order valence-corrected chi connectivity index (χ2v) is 11.2. The van der Waals surface area contributed by atoms with Crippen molar-refractivity contribution < 1.29 is 37.0 Å². The van der Waals surface area contributed by atoms with Gasteiger partial charge >= 0.3 is 24.1 Å². The van der Waals surface area contributed by atoms with Crippen molar-refractivity contribution in [2.75, 3.05) is 26.7 Å². The third kappa shape index (κ3) is 7.38. The van der Waals surface area contributed by atoms with E-state index >= 15 is 0 Å². The summed E-state index contributed by atoms with van der Waals surface area (Å²) in [6.45, 7) is 7.74. The summed E-state index contributed by atoms with van der Waals surface area (Å²) >= 11 is 0. The maximum atomic E-state index is 13.6. The van der Waals surface area contributed by atoms with Gasteiger partial charge in [0.2, 0.25) is 0 Å². The van der Waals surface area contributed by atoms with Crippen molar-refractivity contribution in [3.63, 3.8) is 0 Å². The molecular formula is C27H37F3N2O5. The standard InChI is InChI=1S/C27H37F3N2O5/c1-6-19-15-21(19)32(23(34)27(28,29)30)17-26(16-18-8-7-9-20(14-18)22(33)36-5)10-12-31(13-11-26)24(35)37-25(2,3)4/h7-9,14,19,21H,6,10-13,15-17H2,1-5H3/t19?,21-/m1/s1. The number of hydrogen-bond donors (Lipinski definition) is 0. The average Bonchev–Trinajstić information content (AvgIpc) is 3.60. The molecule has 1 unspecified atom stereocenters. The fourth-order valence-electron chi connectivity index (χ4n) is 5.16. The number of nitrogens with zero attached hydrogens (tertiary/aromatic N) is 2. The topological polar surface area (TPSA) is 76.2 Å². The van der Waals surface area contributed by atoms with Crippen molar-refractivity contribution in [2.24, 2.45) is 11.3 Å². The van der Waals surface area contributed by atoms with Crippen LogP contribution >= 0.6 is 0 Å². The van der Waals surface area contributed by atoms with E-state index in [2.05, 4.69) is 0 Å². The van der Waals surface area contributed by atoms with E-state index in [9.17, 15) is 27.6 Å². The Morgan fingerprint density at radius 2 is 1.78 bits per heavy atom. The first-order valence-electron chi connectivity index (χ1n) is 12.7. The summed E-state index contributed by atoms with van der Waals surface area (Å²) in [6.07, 6.45) is -3.05. The van der Waals surface area contributed by atoms with Crippen molar-refractivity contribution in [1.29, 1.82) is 0 Å². The quantitative estimate of drug-likeness (QED) is 0.455. The zero-order valence-electron chi connectivity index (χ0n) is 22.2. The normalized spacial score (nSPS) is 21.2. The molecule has 0 spiro atoms. The van der Waals surface area contributed by atoms with Gasteiger partial charge in [0.1, 0.15) is 5.60 Å². The smallest absolute Gasteiger partial charge is 0.465 e. The van der Waals surface area contributed by atoms with Crippen LogP contribution in [0.25, 0.3) is 0 Å². The van der Waals surface area contributed by atoms with Crippen molar-refractivity contribution in [3.05, 3.63) is 35.4 Å². The Bertz CT molecular complexity index is 996. The molecule has 0 aromatic heterocycles. The van der Waals surface area contributed by atoms with Crippen LogP contribution in [-0.4, -0.2) is 72.3 Å². The van der Waals surface area contributed by atoms with Gasteiger partial charge in [-0.3, -0.25) is 4.79 Å². The van der Waals surface area contributed by atoms with Gasteiger partial charge in [0.15, 0.2) is 0 Å². The van der Waals surface area contributed by atoms with Crippen LogP contribution in [0.5, 0.6) is 0 Å². The van der Waals surface area contributed by atoms with Crippen LogP contribution in [0.2, 0.25) is 0 Å². The third-order valence-electron chi connectivity index (χ3n) is 7.22. The second kappa shape index (κ2) is 10.9. The summed E-state index contributed by atoms with van der Waals surface area (Å²) in [7, 11) is 1.28. The van der Waals surface area contributed by atoms with E-state index in [4.69, 9.17) is 9.47 Å². The van der Waals surface area contributed by atoms with E-state index < -0.39 is 41.2 Å². The van der Waals surface area contributed by atoms with Gasteiger partial charge in [-0.2, -0.15) is 13.2 Å². The lowest BCUT2D eigenvalue weighted by molar-refractivity contribution is -0.188. The molecule has 0 N–H and O–H groups in total. The van der Waals surface area contributed by atoms with Gasteiger partial charge in [-0.05, 0) is 75.5 Å². The molecule has 1 saturated heterocycles. The second-order valence-electron chi connectivity index (χ2n) is 11.2. The molecule has 206 valence electrons. The summed E-state index contributed by atoms with van der Waals surface area (Å²) in [5.74, 6) is -2.27. The van der Waals surface area contributed by atoms with E-state index in [1.54, 1.807) is 43.9 Å². The number of amides is 2. The van der Waals surface area contributed by atoms with Crippen LogP contribution in [0.3, 0.4) is 0 Å². The Kier molecular flexibility index (Phi) is 8.49. The summed E-state index contributed by atoms with van der Waals surface area (Å²) in [5, 5.41) is 0. The molecule has 2 fully saturated rings. The van der Waals surface area contributed by atoms with E-state index in [1.165, 1.54) is 7.11 Å². The number of piperidine rings is 1. The number of hydrogen-bond acceptors (Lipinski definition) is 5. The highest BCUT2D eigenvalue weighted by Crippen LogP contribution is 2.44. The minimum atomic E-state index is -4.97. The maximum absolute atomic E-state index is 13.6. The van der Waals surface area contributed by atoms with Crippen molar-refractivity contribution >= 4 is 18.0 Å². The predicted octanol–water partition coefficient (Wildman–Crippen LogP) is 5.22. The Morgan fingerprint density at radius 1 is 1.14 bits per heavy atom. The zero-order valence-corrected chi connectivity index (χ0v) is 22.2. The molecule has 1 aromatic rings. The highest BCUT2D eigenvalue weighted by molar-refractivity contribution is 5.89. The van der Waals surface area contributed by atoms with Gasteiger partial charge in [0.05, 0.1) is 12.7 Å². The molecule has 1 aliphatic heterocycles. The first-order chi connectivity index (χ1) is 17.2. The first-order valence-corrected chi connectivity index (χ1v) is 12.7. The third-order valence-corrected chi connectivity index (χ3v) is 7.22. The SMILES string of the molecule is CCC1C[C@H]1N(CC1(Cc2cccc(C(=O)OC)c2)CCN(C(=O)OC(C)(C)C)CC1)C(=O)C(F)(F)F. The molecule has 3 rings (SSSR count). The number of ether oxygens (including phenoxy) is 2. The van der Waals surface area contributed by atoms with Crippen molar-refractivity contribution in [3.8, 4) is 0 Å². The lowest BCUT2D eigenvalue weighted by atomic mass is 9.73. The minimum Gasteiger partial charge on any atom is -0.465 e. The van der Waals surface area contributed by atoms with Crippen LogP contribution < -0.4 is 0 Å². The Morgan fingerprint density at radius 3 is 2.30 bits per heavy atom. The molecule has 0 bridgehead atoms. The Hall–Kier alpha value is -2.78. The van der Waals surface area contributed by atoms with Crippen LogP contribution in [0.1, 0.15) is 69.3 Å². The molecule has 0 radical (unpaired) electrons. The predicted molar refractivity (Wildman–Crippen MR) is 131 cm³/mol. The van der Waals surface area contributed by atoms with Gasteiger partial charge in [-0.25, -0.2) is 9.59 Å². The van der Waals surface area contributed by atoms with Crippen LogP contribution in [0.15, 0.2) is 24.3 Å². The molecule has 7 nitrogen and oxygen atoms in total.